The molecule has 28 heavy (non-hydrogen) atoms. The van der Waals surface area contributed by atoms with Gasteiger partial charge in [0.2, 0.25) is 15.9 Å². The van der Waals surface area contributed by atoms with Crippen molar-refractivity contribution < 1.29 is 17.9 Å². The van der Waals surface area contributed by atoms with Gasteiger partial charge in [0.05, 0.1) is 17.7 Å². The topological polar surface area (TPSA) is 111 Å². The van der Waals surface area contributed by atoms with E-state index in [1.54, 1.807) is 12.1 Å². The molecule has 1 atom stereocenters. The number of amides is 1. The number of hydrogen-bond acceptors (Lipinski definition) is 5. The molecule has 0 aromatic heterocycles. The van der Waals surface area contributed by atoms with Crippen LogP contribution in [0.4, 0.5) is 5.69 Å². The minimum Gasteiger partial charge on any atom is -0.495 e. The van der Waals surface area contributed by atoms with E-state index >= 15 is 0 Å². The summed E-state index contributed by atoms with van der Waals surface area (Å²) >= 11 is 0. The van der Waals surface area contributed by atoms with Crippen LogP contribution in [0.1, 0.15) is 30.0 Å². The molecular weight excluding hydrogens is 402 g/mol. The number of carbonyl (C=O) groups is 1. The van der Waals surface area contributed by atoms with E-state index in [1.807, 2.05) is 19.1 Å². The van der Waals surface area contributed by atoms with Crippen molar-refractivity contribution in [1.29, 1.82) is 0 Å². The highest BCUT2D eigenvalue weighted by atomic mass is 35.5. The van der Waals surface area contributed by atoms with Gasteiger partial charge in [0.1, 0.15) is 11.8 Å². The minimum atomic E-state index is -3.65. The maximum absolute atomic E-state index is 12.6. The summed E-state index contributed by atoms with van der Waals surface area (Å²) in [6.45, 7) is 1.95. The van der Waals surface area contributed by atoms with Crippen molar-refractivity contribution in [2.75, 3.05) is 12.4 Å². The quantitative estimate of drug-likeness (QED) is 0.631. The van der Waals surface area contributed by atoms with E-state index in [2.05, 4.69) is 10.0 Å². The van der Waals surface area contributed by atoms with Gasteiger partial charge >= 0.3 is 0 Å². The summed E-state index contributed by atoms with van der Waals surface area (Å²) in [5.74, 6) is -0.105. The maximum Gasteiger partial charge on any atom is 0.245 e. The number of sulfonamides is 1. The summed E-state index contributed by atoms with van der Waals surface area (Å²) in [7, 11) is -2.20. The lowest BCUT2D eigenvalue weighted by Gasteiger charge is -2.16. The number of nitrogens with two attached hydrogens (primary N) is 1. The second-order valence-corrected chi connectivity index (χ2v) is 8.35. The first-order chi connectivity index (χ1) is 12.8. The van der Waals surface area contributed by atoms with Crippen LogP contribution in [-0.2, 0) is 14.8 Å². The van der Waals surface area contributed by atoms with E-state index in [4.69, 9.17) is 10.5 Å². The first-order valence-electron chi connectivity index (χ1n) is 8.63. The normalized spacial score (nSPS) is 14.7. The molecule has 2 aromatic rings. The van der Waals surface area contributed by atoms with Gasteiger partial charge in [-0.3, -0.25) is 4.79 Å². The lowest BCUT2D eigenvalue weighted by molar-refractivity contribution is -0.117. The Labute approximate surface area is 171 Å². The molecular formula is C19H24ClN3O4S. The zero-order valence-electron chi connectivity index (χ0n) is 15.6. The van der Waals surface area contributed by atoms with Crippen LogP contribution in [0.25, 0.3) is 0 Å². The number of anilines is 1. The van der Waals surface area contributed by atoms with Crippen LogP contribution in [0.3, 0.4) is 0 Å². The molecule has 0 bridgehead atoms. The van der Waals surface area contributed by atoms with E-state index in [0.717, 1.165) is 18.4 Å². The van der Waals surface area contributed by atoms with Crippen molar-refractivity contribution in [3.05, 3.63) is 53.6 Å². The van der Waals surface area contributed by atoms with Gasteiger partial charge in [-0.1, -0.05) is 29.8 Å². The molecule has 7 nitrogen and oxygen atoms in total. The number of nitrogens with one attached hydrogen (secondary N) is 2. The van der Waals surface area contributed by atoms with Crippen LogP contribution in [-0.4, -0.2) is 27.5 Å². The number of carbonyl (C=O) groups excluding carboxylic acids is 1. The molecule has 1 aliphatic carbocycles. The van der Waals surface area contributed by atoms with Crippen molar-refractivity contribution >= 4 is 34.0 Å². The third-order valence-electron chi connectivity index (χ3n) is 4.36. The fourth-order valence-corrected chi connectivity index (χ4v) is 3.91. The number of hydrogen-bond donors (Lipinski definition) is 3. The SMILES string of the molecule is COc1ccc(S(=O)(=O)NC2CC2)cc1NC(=O)C(N)c1ccc(C)cc1.Cl. The highest BCUT2D eigenvalue weighted by Gasteiger charge is 2.28. The second-order valence-electron chi connectivity index (χ2n) is 6.64. The lowest BCUT2D eigenvalue weighted by Crippen LogP contribution is -2.28. The minimum absolute atomic E-state index is 0. The van der Waals surface area contributed by atoms with Crippen molar-refractivity contribution in [2.24, 2.45) is 5.73 Å². The van der Waals surface area contributed by atoms with Gasteiger partial charge in [0, 0.05) is 6.04 Å². The number of methoxy groups -OCH3 is 1. The Bertz CT molecular complexity index is 944. The van der Waals surface area contributed by atoms with Crippen LogP contribution in [0, 0.1) is 6.92 Å². The first kappa shape index (κ1) is 22.2. The molecule has 1 unspecified atom stereocenters. The van der Waals surface area contributed by atoms with Crippen LogP contribution in [0.15, 0.2) is 47.4 Å². The highest BCUT2D eigenvalue weighted by molar-refractivity contribution is 7.89. The third-order valence-corrected chi connectivity index (χ3v) is 5.88. The zero-order valence-corrected chi connectivity index (χ0v) is 17.3. The van der Waals surface area contributed by atoms with Gasteiger partial charge in [-0.2, -0.15) is 0 Å². The van der Waals surface area contributed by atoms with Gasteiger partial charge in [-0.25, -0.2) is 13.1 Å². The summed E-state index contributed by atoms with van der Waals surface area (Å²) in [6, 6.07) is 10.8. The number of benzene rings is 2. The molecule has 3 rings (SSSR count). The molecule has 4 N–H and O–H groups in total. The fraction of sp³-hybridized carbons (Fsp3) is 0.316. The van der Waals surface area contributed by atoms with Crippen LogP contribution in [0.5, 0.6) is 5.75 Å². The Morgan fingerprint density at radius 3 is 2.39 bits per heavy atom. The van der Waals surface area contributed by atoms with E-state index in [9.17, 15) is 13.2 Å². The third kappa shape index (κ3) is 5.23. The highest BCUT2D eigenvalue weighted by Crippen LogP contribution is 2.30. The summed E-state index contributed by atoms with van der Waals surface area (Å²) < 4.78 is 32.7. The van der Waals surface area contributed by atoms with Crippen molar-refractivity contribution in [2.45, 2.75) is 36.7 Å². The summed E-state index contributed by atoms with van der Waals surface area (Å²) in [5, 5.41) is 2.67. The predicted octanol–water partition coefficient (Wildman–Crippen LogP) is 2.50. The number of halogens is 1. The lowest BCUT2D eigenvalue weighted by atomic mass is 10.1. The van der Waals surface area contributed by atoms with Gasteiger partial charge in [0.25, 0.3) is 0 Å². The van der Waals surface area contributed by atoms with Crippen molar-refractivity contribution in [3.63, 3.8) is 0 Å². The monoisotopic (exact) mass is 425 g/mol. The van der Waals surface area contributed by atoms with E-state index < -0.39 is 22.0 Å². The Kier molecular flexibility index (Phi) is 7.06. The van der Waals surface area contributed by atoms with Gasteiger partial charge < -0.3 is 15.8 Å². The summed E-state index contributed by atoms with van der Waals surface area (Å²) in [6.07, 6.45) is 1.68. The smallest absolute Gasteiger partial charge is 0.245 e. The molecule has 1 saturated carbocycles. The molecule has 0 aliphatic heterocycles. The average Bonchev–Trinajstić information content (AvgIpc) is 3.45. The van der Waals surface area contributed by atoms with Crippen LogP contribution >= 0.6 is 12.4 Å². The van der Waals surface area contributed by atoms with Crippen molar-refractivity contribution in [1.82, 2.24) is 4.72 Å². The van der Waals surface area contributed by atoms with Crippen LogP contribution < -0.4 is 20.5 Å². The number of rotatable bonds is 7. The molecule has 0 saturated heterocycles. The summed E-state index contributed by atoms with van der Waals surface area (Å²) in [4.78, 5) is 12.6. The van der Waals surface area contributed by atoms with Crippen LogP contribution in [0.2, 0.25) is 0 Å². The van der Waals surface area contributed by atoms with E-state index in [1.165, 1.54) is 25.3 Å². The molecule has 1 aliphatic rings. The second kappa shape index (κ2) is 8.91. The zero-order chi connectivity index (χ0) is 19.6. The van der Waals surface area contributed by atoms with Gasteiger partial charge in [0.15, 0.2) is 0 Å². The number of ether oxygens (including phenoxy) is 1. The maximum atomic E-state index is 12.6. The Balaban J connectivity index is 0.00000280. The summed E-state index contributed by atoms with van der Waals surface area (Å²) in [5.41, 5.74) is 8.02. The average molecular weight is 426 g/mol. The molecule has 152 valence electrons. The molecule has 1 amide bonds. The largest absolute Gasteiger partial charge is 0.495 e. The molecule has 0 heterocycles. The molecule has 0 spiro atoms. The molecule has 2 aromatic carbocycles. The molecule has 0 radical (unpaired) electrons. The van der Waals surface area contributed by atoms with Gasteiger partial charge in [-0.05, 0) is 43.5 Å². The molecule has 9 heteroatoms. The standard InChI is InChI=1S/C19H23N3O4S.ClH/c1-12-3-5-13(6-4-12)18(20)19(23)21-16-11-15(9-10-17(16)26-2)27(24,25)22-14-7-8-14;/h3-6,9-11,14,18,22H,7-8,20H2,1-2H3,(H,21,23);1H. The Morgan fingerprint density at radius 2 is 1.82 bits per heavy atom. The van der Waals surface area contributed by atoms with Crippen molar-refractivity contribution in [3.8, 4) is 5.75 Å². The van der Waals surface area contributed by atoms with E-state index in [0.29, 0.717) is 11.3 Å². The first-order valence-corrected chi connectivity index (χ1v) is 10.1. The molecule has 1 fully saturated rings. The van der Waals surface area contributed by atoms with Gasteiger partial charge in [-0.15, -0.1) is 12.4 Å². The number of aryl methyl sites for hydroxylation is 1. The fourth-order valence-electron chi connectivity index (χ4n) is 2.58. The Hall–Kier alpha value is -2.13. The predicted molar refractivity (Wildman–Crippen MR) is 110 cm³/mol. The van der Waals surface area contributed by atoms with E-state index in [-0.39, 0.29) is 29.0 Å². The Morgan fingerprint density at radius 1 is 1.18 bits per heavy atom.